The summed E-state index contributed by atoms with van der Waals surface area (Å²) in [6.07, 6.45) is 0. The number of hydrogen-bond acceptors (Lipinski definition) is 3. The summed E-state index contributed by atoms with van der Waals surface area (Å²) >= 11 is 0. The van der Waals surface area contributed by atoms with Crippen LogP contribution in [0.15, 0.2) is 42.5 Å². The summed E-state index contributed by atoms with van der Waals surface area (Å²) in [5, 5.41) is 8.88. The fourth-order valence-electron chi connectivity index (χ4n) is 2.04. The van der Waals surface area contributed by atoms with Crippen molar-refractivity contribution in [3.05, 3.63) is 59.4 Å². The molecule has 0 heterocycles. The number of anilines is 1. The molecule has 0 aromatic heterocycles. The van der Waals surface area contributed by atoms with Crippen LogP contribution in [0.3, 0.4) is 0 Å². The molecule has 2 aromatic carbocycles. The Morgan fingerprint density at radius 2 is 2.00 bits per heavy atom. The lowest BCUT2D eigenvalue weighted by Crippen LogP contribution is -2.17. The van der Waals surface area contributed by atoms with Crippen LogP contribution in [0.1, 0.15) is 11.1 Å². The molecule has 0 saturated heterocycles. The molecule has 0 atom stereocenters. The number of nitrogens with zero attached hydrogens (tertiary/aromatic N) is 2. The zero-order chi connectivity index (χ0) is 14.5. The minimum Gasteiger partial charge on any atom is -0.496 e. The molecule has 102 valence electrons. The predicted octanol–water partition coefficient (Wildman–Crippen LogP) is 3.34. The summed E-state index contributed by atoms with van der Waals surface area (Å²) in [4.78, 5) is 1.88. The van der Waals surface area contributed by atoms with Gasteiger partial charge in [0.05, 0.1) is 18.7 Å². The Kier molecular flexibility index (Phi) is 4.21. The number of nitriles is 1. The Morgan fingerprint density at radius 1 is 1.25 bits per heavy atom. The van der Waals surface area contributed by atoms with Crippen LogP contribution in [0, 0.1) is 17.1 Å². The highest BCUT2D eigenvalue weighted by Crippen LogP contribution is 2.23. The molecule has 0 aliphatic rings. The van der Waals surface area contributed by atoms with Crippen LogP contribution in [0.2, 0.25) is 0 Å². The minimum absolute atomic E-state index is 0.312. The van der Waals surface area contributed by atoms with Crippen LogP contribution in [0.25, 0.3) is 0 Å². The van der Waals surface area contributed by atoms with Crippen molar-refractivity contribution in [2.24, 2.45) is 0 Å². The Bertz CT molecular complexity index is 649. The molecule has 0 saturated carbocycles. The number of methoxy groups -OCH3 is 1. The van der Waals surface area contributed by atoms with E-state index in [2.05, 4.69) is 0 Å². The Balaban J connectivity index is 2.26. The van der Waals surface area contributed by atoms with Gasteiger partial charge < -0.3 is 9.64 Å². The molecule has 2 aromatic rings. The van der Waals surface area contributed by atoms with Gasteiger partial charge in [-0.1, -0.05) is 18.2 Å². The molecule has 0 bridgehead atoms. The van der Waals surface area contributed by atoms with Gasteiger partial charge in [-0.2, -0.15) is 5.26 Å². The van der Waals surface area contributed by atoms with Crippen LogP contribution >= 0.6 is 0 Å². The van der Waals surface area contributed by atoms with Gasteiger partial charge in [0.2, 0.25) is 0 Å². The second-order valence-corrected chi connectivity index (χ2v) is 4.48. The fraction of sp³-hybridized carbons (Fsp3) is 0.188. The van der Waals surface area contributed by atoms with E-state index in [-0.39, 0.29) is 0 Å². The van der Waals surface area contributed by atoms with E-state index in [0.29, 0.717) is 17.8 Å². The highest BCUT2D eigenvalue weighted by molar-refractivity contribution is 5.52. The third kappa shape index (κ3) is 3.07. The van der Waals surface area contributed by atoms with Crippen molar-refractivity contribution in [3.8, 4) is 11.8 Å². The summed E-state index contributed by atoms with van der Waals surface area (Å²) < 4.78 is 18.8. The maximum absolute atomic E-state index is 13.5. The van der Waals surface area contributed by atoms with Crippen molar-refractivity contribution < 1.29 is 9.13 Å². The number of halogens is 1. The molecule has 0 aliphatic heterocycles. The maximum atomic E-state index is 13.5. The Morgan fingerprint density at radius 3 is 2.70 bits per heavy atom. The smallest absolute Gasteiger partial charge is 0.126 e. The largest absolute Gasteiger partial charge is 0.496 e. The van der Waals surface area contributed by atoms with E-state index in [4.69, 9.17) is 10.00 Å². The van der Waals surface area contributed by atoms with Gasteiger partial charge >= 0.3 is 0 Å². The first-order valence-corrected chi connectivity index (χ1v) is 6.17. The number of para-hydroxylation sites is 1. The third-order valence-electron chi connectivity index (χ3n) is 3.05. The lowest BCUT2D eigenvalue weighted by atomic mass is 10.1. The van der Waals surface area contributed by atoms with Gasteiger partial charge in [0.1, 0.15) is 11.6 Å². The first kappa shape index (κ1) is 13.9. The van der Waals surface area contributed by atoms with Gasteiger partial charge in [0.15, 0.2) is 0 Å². The minimum atomic E-state index is -0.411. The normalized spacial score (nSPS) is 9.90. The highest BCUT2D eigenvalue weighted by atomic mass is 19.1. The highest BCUT2D eigenvalue weighted by Gasteiger charge is 2.09. The summed E-state index contributed by atoms with van der Waals surface area (Å²) in [6.45, 7) is 0.568. The van der Waals surface area contributed by atoms with Crippen LogP contribution < -0.4 is 9.64 Å². The standard InChI is InChI=1S/C16H15FN2O/c1-19(11-13-5-3-4-6-16(13)20-2)15-8-12(10-18)7-14(17)9-15/h3-9H,11H2,1-2H3. The van der Waals surface area contributed by atoms with E-state index in [1.165, 1.54) is 12.1 Å². The van der Waals surface area contributed by atoms with Crippen molar-refractivity contribution >= 4 is 5.69 Å². The molecule has 20 heavy (non-hydrogen) atoms. The molecule has 0 spiro atoms. The quantitative estimate of drug-likeness (QED) is 0.855. The molecular weight excluding hydrogens is 255 g/mol. The molecule has 0 aliphatic carbocycles. The number of hydrogen-bond donors (Lipinski definition) is 0. The molecule has 2 rings (SSSR count). The molecule has 0 fully saturated rings. The second-order valence-electron chi connectivity index (χ2n) is 4.48. The van der Waals surface area contributed by atoms with Crippen LogP contribution in [-0.2, 0) is 6.54 Å². The monoisotopic (exact) mass is 270 g/mol. The van der Waals surface area contributed by atoms with E-state index < -0.39 is 5.82 Å². The molecule has 3 nitrogen and oxygen atoms in total. The number of rotatable bonds is 4. The van der Waals surface area contributed by atoms with Crippen LogP contribution in [0.4, 0.5) is 10.1 Å². The number of benzene rings is 2. The van der Waals surface area contributed by atoms with E-state index >= 15 is 0 Å². The topological polar surface area (TPSA) is 36.3 Å². The van der Waals surface area contributed by atoms with Crippen molar-refractivity contribution in [1.82, 2.24) is 0 Å². The summed E-state index contributed by atoms with van der Waals surface area (Å²) in [7, 11) is 3.47. The van der Waals surface area contributed by atoms with Gasteiger partial charge in [-0.05, 0) is 24.3 Å². The van der Waals surface area contributed by atoms with E-state index in [9.17, 15) is 4.39 Å². The van der Waals surface area contributed by atoms with Crippen molar-refractivity contribution in [3.63, 3.8) is 0 Å². The van der Waals surface area contributed by atoms with Crippen molar-refractivity contribution in [1.29, 1.82) is 5.26 Å². The molecule has 0 radical (unpaired) electrons. The fourth-order valence-corrected chi connectivity index (χ4v) is 2.04. The van der Waals surface area contributed by atoms with Crippen LogP contribution in [-0.4, -0.2) is 14.2 Å². The maximum Gasteiger partial charge on any atom is 0.126 e. The Labute approximate surface area is 117 Å². The average molecular weight is 270 g/mol. The molecule has 4 heteroatoms. The van der Waals surface area contributed by atoms with Gasteiger partial charge in [-0.25, -0.2) is 4.39 Å². The first-order chi connectivity index (χ1) is 9.63. The molecule has 0 N–H and O–H groups in total. The van der Waals surface area contributed by atoms with E-state index in [1.807, 2.05) is 42.3 Å². The van der Waals surface area contributed by atoms with Gasteiger partial charge in [0, 0.05) is 24.8 Å². The Hall–Kier alpha value is -2.54. The van der Waals surface area contributed by atoms with Gasteiger partial charge in [-0.3, -0.25) is 0 Å². The summed E-state index contributed by atoms with van der Waals surface area (Å²) in [5.41, 5.74) is 1.97. The van der Waals surface area contributed by atoms with Gasteiger partial charge in [-0.15, -0.1) is 0 Å². The zero-order valence-electron chi connectivity index (χ0n) is 11.4. The second kappa shape index (κ2) is 6.07. The van der Waals surface area contributed by atoms with E-state index in [1.54, 1.807) is 13.2 Å². The zero-order valence-corrected chi connectivity index (χ0v) is 11.4. The summed E-state index contributed by atoms with van der Waals surface area (Å²) in [6, 6.07) is 13.9. The van der Waals surface area contributed by atoms with Crippen molar-refractivity contribution in [2.45, 2.75) is 6.54 Å². The van der Waals surface area contributed by atoms with Crippen molar-refractivity contribution in [2.75, 3.05) is 19.1 Å². The molecule has 0 amide bonds. The lowest BCUT2D eigenvalue weighted by molar-refractivity contribution is 0.409. The average Bonchev–Trinajstić information content (AvgIpc) is 2.47. The lowest BCUT2D eigenvalue weighted by Gasteiger charge is -2.21. The first-order valence-electron chi connectivity index (χ1n) is 6.17. The SMILES string of the molecule is COc1ccccc1CN(C)c1cc(F)cc(C#N)c1. The van der Waals surface area contributed by atoms with Crippen LogP contribution in [0.5, 0.6) is 5.75 Å². The predicted molar refractivity (Wildman–Crippen MR) is 76.2 cm³/mol. The summed E-state index contributed by atoms with van der Waals surface area (Å²) in [5.74, 6) is 0.377. The number of ether oxygens (including phenoxy) is 1. The molecule has 0 unspecified atom stereocenters. The van der Waals surface area contributed by atoms with E-state index in [0.717, 1.165) is 11.3 Å². The molecular formula is C16H15FN2O. The van der Waals surface area contributed by atoms with Gasteiger partial charge in [0.25, 0.3) is 0 Å². The third-order valence-corrected chi connectivity index (χ3v) is 3.05.